The normalized spacial score (nSPS) is 37.4. The van der Waals surface area contributed by atoms with Crippen LogP contribution in [0.2, 0.25) is 0 Å². The van der Waals surface area contributed by atoms with Gasteiger partial charge >= 0.3 is 5.97 Å². The van der Waals surface area contributed by atoms with Crippen LogP contribution in [0.15, 0.2) is 60.2 Å². The average Bonchev–Trinajstić information content (AvgIpc) is 3.22. The number of allylic oxidation sites excluding steroid dienone is 4. The van der Waals surface area contributed by atoms with E-state index in [0.717, 1.165) is 22.1 Å². The maximum atomic E-state index is 16.9. The number of Topliss-reactive ketones (excluding diaryl/α,β-unsaturated/α-hetero) is 1. The Morgan fingerprint density at radius 1 is 1.11 bits per heavy atom. The number of aliphatic hydroxyl groups is 3. The van der Waals surface area contributed by atoms with Gasteiger partial charge < -0.3 is 25.2 Å². The molecule has 0 radical (unpaired) electrons. The minimum Gasteiger partial charge on any atom is -0.497 e. The van der Waals surface area contributed by atoms with Crippen LogP contribution in [-0.2, 0) is 14.4 Å². The van der Waals surface area contributed by atoms with Gasteiger partial charge in [0.15, 0.2) is 17.2 Å². The number of ether oxygens (including phenoxy) is 1. The van der Waals surface area contributed by atoms with E-state index in [1.165, 1.54) is 12.2 Å². The molecule has 4 N–H and O–H groups in total. The van der Waals surface area contributed by atoms with Crippen LogP contribution < -0.4 is 4.74 Å². The molecule has 6 rings (SSSR count). The van der Waals surface area contributed by atoms with Gasteiger partial charge in [-0.05, 0) is 92.0 Å². The van der Waals surface area contributed by atoms with Gasteiger partial charge in [-0.3, -0.25) is 14.4 Å². The van der Waals surface area contributed by atoms with E-state index in [1.54, 1.807) is 40.9 Å². The lowest BCUT2D eigenvalue weighted by Gasteiger charge is -2.62. The minimum atomic E-state index is -1.98. The summed E-state index contributed by atoms with van der Waals surface area (Å²) in [4.78, 5) is 35.3. The molecule has 0 saturated heterocycles. The second kappa shape index (κ2) is 11.4. The van der Waals surface area contributed by atoms with Gasteiger partial charge in [-0.25, -0.2) is 4.39 Å². The zero-order valence-electron chi connectivity index (χ0n) is 26.4. The lowest BCUT2D eigenvalue weighted by molar-refractivity contribution is -0.219. The van der Waals surface area contributed by atoms with E-state index in [9.17, 15) is 29.7 Å². The Morgan fingerprint density at radius 2 is 1.78 bits per heavy atom. The first-order chi connectivity index (χ1) is 21.1. The smallest absolute Gasteiger partial charge is 0.310 e. The molecule has 2 aromatic carbocycles. The summed E-state index contributed by atoms with van der Waals surface area (Å²) in [5.41, 5.74) is -4.35. The molecular weight excluding hydrogens is 579 g/mol. The van der Waals surface area contributed by atoms with Crippen molar-refractivity contribution in [3.05, 3.63) is 65.8 Å². The predicted octanol–water partition coefficient (Wildman–Crippen LogP) is 4.93. The fourth-order valence-corrected chi connectivity index (χ4v) is 9.04. The van der Waals surface area contributed by atoms with E-state index in [2.05, 4.69) is 0 Å². The highest BCUT2D eigenvalue weighted by atomic mass is 19.1. The first kappa shape index (κ1) is 33.0. The summed E-state index contributed by atoms with van der Waals surface area (Å²) in [5.74, 6) is -2.61. The summed E-state index contributed by atoms with van der Waals surface area (Å²) in [5, 5.41) is 43.0. The second-order valence-electron chi connectivity index (χ2n) is 13.8. The number of methoxy groups -OCH3 is 1. The van der Waals surface area contributed by atoms with Gasteiger partial charge in [-0.1, -0.05) is 49.8 Å². The van der Waals surface area contributed by atoms with Crippen molar-refractivity contribution in [2.75, 3.05) is 13.7 Å². The number of carboxylic acids is 1. The van der Waals surface area contributed by atoms with E-state index >= 15 is 4.39 Å². The topological polar surface area (TPSA) is 141 Å². The van der Waals surface area contributed by atoms with Crippen LogP contribution in [0, 0.1) is 28.6 Å². The number of ketones is 2. The summed E-state index contributed by atoms with van der Waals surface area (Å²) in [6.45, 7) is 6.17. The Morgan fingerprint density at radius 3 is 2.42 bits per heavy atom. The number of carbonyl (C=O) groups is 3. The van der Waals surface area contributed by atoms with Gasteiger partial charge in [0.25, 0.3) is 0 Å². The lowest BCUT2D eigenvalue weighted by Crippen LogP contribution is -2.69. The molecule has 45 heavy (non-hydrogen) atoms. The molecule has 0 amide bonds. The Kier molecular flexibility index (Phi) is 8.38. The quantitative estimate of drug-likeness (QED) is 0.368. The SMILES string of the molecule is COc1ccc2cc([C@H](C)C(=O)O)ccc2c1.C[C@@H]1C[C@H]2[C@@H]3CCC4=CC(=O)C=C[C@]4(C)[C@@]3(F)[C@@H](O)C[C@]2(C)[C@@]1(O)C(=O)CO. The third-order valence-electron chi connectivity index (χ3n) is 11.7. The zero-order valence-corrected chi connectivity index (χ0v) is 26.4. The van der Waals surface area contributed by atoms with Crippen molar-refractivity contribution in [1.82, 2.24) is 0 Å². The maximum Gasteiger partial charge on any atom is 0.310 e. The van der Waals surface area contributed by atoms with Gasteiger partial charge in [0, 0.05) is 16.7 Å². The van der Waals surface area contributed by atoms with Gasteiger partial charge in [0.1, 0.15) is 18.0 Å². The molecule has 0 bridgehead atoms. The van der Waals surface area contributed by atoms with Gasteiger partial charge in [-0.15, -0.1) is 0 Å². The number of halogens is 1. The average molecular weight is 623 g/mol. The first-order valence-electron chi connectivity index (χ1n) is 15.6. The van der Waals surface area contributed by atoms with E-state index in [0.29, 0.717) is 24.8 Å². The molecule has 3 saturated carbocycles. The molecule has 2 aromatic rings. The molecule has 8 nitrogen and oxygen atoms in total. The van der Waals surface area contributed by atoms with Crippen molar-refractivity contribution < 1.29 is 43.9 Å². The van der Waals surface area contributed by atoms with Crippen molar-refractivity contribution in [3.63, 3.8) is 0 Å². The molecule has 3 fully saturated rings. The second-order valence-corrected chi connectivity index (χ2v) is 13.8. The van der Waals surface area contributed by atoms with Crippen LogP contribution in [0.3, 0.4) is 0 Å². The Balaban J connectivity index is 0.000000201. The van der Waals surface area contributed by atoms with Crippen molar-refractivity contribution in [1.29, 1.82) is 0 Å². The molecule has 0 heterocycles. The van der Waals surface area contributed by atoms with Crippen LogP contribution in [0.1, 0.15) is 64.9 Å². The predicted molar refractivity (Wildman–Crippen MR) is 166 cm³/mol. The number of carbonyl (C=O) groups excluding carboxylic acids is 2. The molecule has 0 aromatic heterocycles. The molecule has 0 unspecified atom stereocenters. The highest BCUT2D eigenvalue weighted by molar-refractivity contribution is 6.01. The number of carboxylic acid groups (broad SMARTS) is 1. The summed E-state index contributed by atoms with van der Waals surface area (Å²) < 4.78 is 22.0. The van der Waals surface area contributed by atoms with Gasteiger partial charge in [-0.2, -0.15) is 0 Å². The molecular formula is C36H43FO8. The van der Waals surface area contributed by atoms with Gasteiger partial charge in [0.2, 0.25) is 0 Å². The number of hydrogen-bond acceptors (Lipinski definition) is 7. The monoisotopic (exact) mass is 622 g/mol. The number of benzene rings is 2. The third kappa shape index (κ3) is 4.77. The van der Waals surface area contributed by atoms with Crippen LogP contribution in [0.5, 0.6) is 5.75 Å². The van der Waals surface area contributed by atoms with Crippen LogP contribution in [-0.4, -0.2) is 69.1 Å². The maximum absolute atomic E-state index is 16.9. The number of fused-ring (bicyclic) bond motifs is 6. The highest BCUT2D eigenvalue weighted by Gasteiger charge is 2.75. The van der Waals surface area contributed by atoms with Crippen LogP contribution in [0.25, 0.3) is 10.8 Å². The van der Waals surface area contributed by atoms with Gasteiger partial charge in [0.05, 0.1) is 19.1 Å². The molecule has 242 valence electrons. The van der Waals surface area contributed by atoms with E-state index < -0.39 is 64.3 Å². The highest BCUT2D eigenvalue weighted by Crippen LogP contribution is 2.70. The Labute approximate surface area is 262 Å². The molecule has 9 atom stereocenters. The van der Waals surface area contributed by atoms with E-state index in [-0.39, 0.29) is 18.1 Å². The zero-order chi connectivity index (χ0) is 33.1. The van der Waals surface area contributed by atoms with Crippen LogP contribution >= 0.6 is 0 Å². The summed E-state index contributed by atoms with van der Waals surface area (Å²) in [7, 11) is 1.63. The number of alkyl halides is 1. The molecule has 4 aliphatic carbocycles. The summed E-state index contributed by atoms with van der Waals surface area (Å²) in [6, 6.07) is 11.4. The minimum absolute atomic E-state index is 0.0676. The third-order valence-corrected chi connectivity index (χ3v) is 11.7. The Hall–Kier alpha value is -3.40. The number of hydrogen-bond donors (Lipinski definition) is 4. The first-order valence-corrected chi connectivity index (χ1v) is 15.6. The Bertz CT molecular complexity index is 1600. The fourth-order valence-electron chi connectivity index (χ4n) is 9.04. The molecule has 4 aliphatic rings. The molecule has 9 heteroatoms. The fraction of sp³-hybridized carbons (Fsp3) is 0.528. The molecule has 0 spiro atoms. The largest absolute Gasteiger partial charge is 0.497 e. The molecule has 0 aliphatic heterocycles. The van der Waals surface area contributed by atoms with Crippen molar-refractivity contribution in [2.24, 2.45) is 28.6 Å². The van der Waals surface area contributed by atoms with Crippen molar-refractivity contribution in [3.8, 4) is 5.75 Å². The number of aliphatic carboxylic acids is 1. The van der Waals surface area contributed by atoms with Crippen molar-refractivity contribution in [2.45, 2.75) is 76.7 Å². The summed E-state index contributed by atoms with van der Waals surface area (Å²) >= 11 is 0. The summed E-state index contributed by atoms with van der Waals surface area (Å²) in [6.07, 6.45) is 4.44. The van der Waals surface area contributed by atoms with Crippen molar-refractivity contribution >= 4 is 28.3 Å². The standard InChI is InChI=1S/C22H29FO5.C14H14O3/c1-12-8-16-15-5-4-13-9-14(25)6-7-19(13,2)21(15,23)17(26)10-20(16,3)22(12,28)18(27)11-24;1-9(14(15)16)10-3-4-12-8-13(17-2)6-5-11(12)7-10/h6-7,9,12,15-17,24,26,28H,4-5,8,10-11H2,1-3H3;3-9H,1-2H3,(H,15,16)/t12-,15+,16+,17+,19+,20+,21+,22+;9-/m10/s1. The number of rotatable bonds is 5. The van der Waals surface area contributed by atoms with E-state index in [1.807, 2.05) is 36.4 Å². The lowest BCUT2D eigenvalue weighted by atomic mass is 9.44. The van der Waals surface area contributed by atoms with Crippen LogP contribution in [0.4, 0.5) is 4.39 Å². The van der Waals surface area contributed by atoms with E-state index in [4.69, 9.17) is 9.84 Å². The number of aliphatic hydroxyl groups excluding tert-OH is 2.